The first-order chi connectivity index (χ1) is 14.8. The third kappa shape index (κ3) is 4.97. The van der Waals surface area contributed by atoms with Crippen molar-refractivity contribution in [3.63, 3.8) is 0 Å². The number of aromatic nitrogens is 2. The Morgan fingerprint density at radius 3 is 2.65 bits per heavy atom. The molecule has 3 rings (SSSR count). The molecule has 1 aromatic carbocycles. The molecule has 0 spiro atoms. The van der Waals surface area contributed by atoms with Crippen LogP contribution in [0.1, 0.15) is 27.7 Å². The summed E-state index contributed by atoms with van der Waals surface area (Å²) in [5.41, 5.74) is 1.60. The Hall–Kier alpha value is -3.53. The zero-order valence-corrected chi connectivity index (χ0v) is 18.1. The number of carbonyl (C=O) groups excluding carboxylic acids is 3. The molecule has 3 aromatic rings. The van der Waals surface area contributed by atoms with Gasteiger partial charge in [-0.25, -0.2) is 9.78 Å². The number of carbonyl (C=O) groups is 3. The molecule has 0 aliphatic rings. The molecule has 0 saturated heterocycles. The van der Waals surface area contributed by atoms with Gasteiger partial charge in [-0.15, -0.1) is 11.3 Å². The van der Waals surface area contributed by atoms with E-state index in [-0.39, 0.29) is 13.2 Å². The van der Waals surface area contributed by atoms with Crippen molar-refractivity contribution in [2.24, 2.45) is 0 Å². The Morgan fingerprint density at radius 2 is 1.90 bits per heavy atom. The van der Waals surface area contributed by atoms with Crippen molar-refractivity contribution in [1.29, 1.82) is 0 Å². The van der Waals surface area contributed by atoms with Crippen LogP contribution in [0.25, 0.3) is 11.0 Å². The van der Waals surface area contributed by atoms with E-state index in [0.717, 1.165) is 16.6 Å². The highest BCUT2D eigenvalue weighted by atomic mass is 32.1. The van der Waals surface area contributed by atoms with Crippen LogP contribution in [-0.2, 0) is 25.6 Å². The molecule has 0 aliphatic heterocycles. The van der Waals surface area contributed by atoms with Gasteiger partial charge < -0.3 is 14.8 Å². The minimum Gasteiger partial charge on any atom is -0.462 e. The molecule has 2 aromatic heterocycles. The second-order valence-corrected chi connectivity index (χ2v) is 7.81. The number of ether oxygens (including phenoxy) is 2. The highest BCUT2D eigenvalue weighted by Crippen LogP contribution is 2.33. The fraction of sp³-hybridized carbons (Fsp3) is 0.286. The molecule has 0 fully saturated rings. The second-order valence-electron chi connectivity index (χ2n) is 6.59. The maximum absolute atomic E-state index is 12.3. The number of rotatable bonds is 7. The number of amides is 1. The van der Waals surface area contributed by atoms with E-state index in [0.29, 0.717) is 21.6 Å². The Morgan fingerprint density at radius 1 is 1.16 bits per heavy atom. The van der Waals surface area contributed by atoms with Crippen molar-refractivity contribution >= 4 is 45.2 Å². The third-order valence-corrected chi connectivity index (χ3v) is 5.64. The summed E-state index contributed by atoms with van der Waals surface area (Å²) in [6.07, 6.45) is 1.13. The van der Waals surface area contributed by atoms with E-state index in [9.17, 15) is 19.2 Å². The fourth-order valence-electron chi connectivity index (χ4n) is 2.93. The van der Waals surface area contributed by atoms with E-state index in [2.05, 4.69) is 10.3 Å². The van der Waals surface area contributed by atoms with Gasteiger partial charge >= 0.3 is 11.9 Å². The first kappa shape index (κ1) is 22.2. The standard InChI is InChI=1S/C21H21N3O6S/c1-4-29-21(28)19-12(2)13(3)31-20(19)23-16(25)11-30-18(27)10-24-15-8-6-5-7-14(15)22-9-17(24)26/h5-9H,4,10-11H2,1-3H3,(H,23,25). The fourth-order valence-corrected chi connectivity index (χ4v) is 3.99. The molecule has 1 amide bonds. The van der Waals surface area contributed by atoms with Gasteiger partial charge in [-0.05, 0) is 38.5 Å². The first-order valence-electron chi connectivity index (χ1n) is 9.49. The summed E-state index contributed by atoms with van der Waals surface area (Å²) in [5, 5.41) is 2.93. The molecule has 0 radical (unpaired) electrons. The van der Waals surface area contributed by atoms with Gasteiger partial charge in [0.25, 0.3) is 11.5 Å². The number of nitrogens with zero attached hydrogens (tertiary/aromatic N) is 2. The monoisotopic (exact) mass is 443 g/mol. The molecule has 31 heavy (non-hydrogen) atoms. The van der Waals surface area contributed by atoms with Crippen LogP contribution in [0.5, 0.6) is 0 Å². The van der Waals surface area contributed by atoms with Gasteiger partial charge in [-0.2, -0.15) is 0 Å². The van der Waals surface area contributed by atoms with E-state index < -0.39 is 30.0 Å². The van der Waals surface area contributed by atoms with Gasteiger partial charge in [0, 0.05) is 4.88 Å². The largest absolute Gasteiger partial charge is 0.462 e. The minimum atomic E-state index is -0.752. The lowest BCUT2D eigenvalue weighted by Crippen LogP contribution is -2.28. The van der Waals surface area contributed by atoms with Gasteiger partial charge in [0.1, 0.15) is 11.5 Å². The van der Waals surface area contributed by atoms with Gasteiger partial charge in [0.05, 0.1) is 29.4 Å². The van der Waals surface area contributed by atoms with Crippen LogP contribution >= 0.6 is 11.3 Å². The van der Waals surface area contributed by atoms with Crippen molar-refractivity contribution in [3.05, 3.63) is 56.8 Å². The maximum atomic E-state index is 12.3. The summed E-state index contributed by atoms with van der Waals surface area (Å²) < 4.78 is 11.3. The molecule has 9 nitrogen and oxygen atoms in total. The van der Waals surface area contributed by atoms with E-state index in [4.69, 9.17) is 9.47 Å². The summed E-state index contributed by atoms with van der Waals surface area (Å²) in [4.78, 5) is 53.7. The van der Waals surface area contributed by atoms with E-state index in [1.165, 1.54) is 15.9 Å². The smallest absolute Gasteiger partial charge is 0.341 e. The minimum absolute atomic E-state index is 0.210. The van der Waals surface area contributed by atoms with E-state index in [1.807, 2.05) is 6.92 Å². The van der Waals surface area contributed by atoms with E-state index in [1.54, 1.807) is 38.1 Å². The first-order valence-corrected chi connectivity index (χ1v) is 10.3. The Bertz CT molecular complexity index is 1210. The van der Waals surface area contributed by atoms with Crippen molar-refractivity contribution in [1.82, 2.24) is 9.55 Å². The molecule has 0 aliphatic carbocycles. The van der Waals surface area contributed by atoms with Gasteiger partial charge in [0.15, 0.2) is 6.61 Å². The van der Waals surface area contributed by atoms with E-state index >= 15 is 0 Å². The number of esters is 2. The molecule has 0 bridgehead atoms. The number of thiophene rings is 1. The van der Waals surface area contributed by atoms with Crippen LogP contribution < -0.4 is 10.9 Å². The highest BCUT2D eigenvalue weighted by Gasteiger charge is 2.22. The number of benzene rings is 1. The number of anilines is 1. The average Bonchev–Trinajstić information content (AvgIpc) is 3.02. The van der Waals surface area contributed by atoms with Crippen LogP contribution in [0.3, 0.4) is 0 Å². The number of aryl methyl sites for hydroxylation is 1. The molecule has 0 atom stereocenters. The number of para-hydroxylation sites is 2. The topological polar surface area (TPSA) is 117 Å². The summed E-state index contributed by atoms with van der Waals surface area (Å²) in [6, 6.07) is 6.88. The lowest BCUT2D eigenvalue weighted by molar-refractivity contribution is -0.147. The Kier molecular flexibility index (Phi) is 6.81. The van der Waals surface area contributed by atoms with Crippen LogP contribution in [0.15, 0.2) is 35.3 Å². The van der Waals surface area contributed by atoms with Gasteiger partial charge in [0.2, 0.25) is 0 Å². The number of nitrogens with one attached hydrogen (secondary N) is 1. The third-order valence-electron chi connectivity index (χ3n) is 4.52. The lowest BCUT2D eigenvalue weighted by atomic mass is 10.1. The molecule has 0 unspecified atom stereocenters. The molecule has 162 valence electrons. The van der Waals surface area contributed by atoms with Crippen LogP contribution in [0, 0.1) is 13.8 Å². The van der Waals surface area contributed by atoms with Crippen molar-refractivity contribution in [3.8, 4) is 0 Å². The summed E-state index contributed by atoms with van der Waals surface area (Å²) in [6.45, 7) is 4.58. The highest BCUT2D eigenvalue weighted by molar-refractivity contribution is 7.16. The SMILES string of the molecule is CCOC(=O)c1c(NC(=O)COC(=O)Cn2c(=O)cnc3ccccc32)sc(C)c1C. The summed E-state index contributed by atoms with van der Waals surface area (Å²) in [5.74, 6) is -1.88. The molecular weight excluding hydrogens is 422 g/mol. The number of hydrogen-bond acceptors (Lipinski definition) is 8. The second kappa shape index (κ2) is 9.52. The summed E-state index contributed by atoms with van der Waals surface area (Å²) >= 11 is 1.24. The van der Waals surface area contributed by atoms with Crippen LogP contribution in [0.2, 0.25) is 0 Å². The van der Waals surface area contributed by atoms with Crippen LogP contribution in [0.4, 0.5) is 5.00 Å². The Labute approximate surface area is 181 Å². The molecule has 0 saturated carbocycles. The predicted molar refractivity (Wildman–Crippen MR) is 115 cm³/mol. The number of fused-ring (bicyclic) bond motifs is 1. The zero-order chi connectivity index (χ0) is 22.5. The lowest BCUT2D eigenvalue weighted by Gasteiger charge is -2.10. The Balaban J connectivity index is 1.66. The zero-order valence-electron chi connectivity index (χ0n) is 17.3. The maximum Gasteiger partial charge on any atom is 0.341 e. The van der Waals surface area contributed by atoms with Crippen molar-refractivity contribution in [2.45, 2.75) is 27.3 Å². The summed E-state index contributed by atoms with van der Waals surface area (Å²) in [7, 11) is 0. The molecule has 2 heterocycles. The van der Waals surface area contributed by atoms with Gasteiger partial charge in [-0.3, -0.25) is 19.0 Å². The van der Waals surface area contributed by atoms with Gasteiger partial charge in [-0.1, -0.05) is 12.1 Å². The average molecular weight is 443 g/mol. The van der Waals surface area contributed by atoms with Crippen molar-refractivity contribution in [2.75, 3.05) is 18.5 Å². The molecule has 1 N–H and O–H groups in total. The van der Waals surface area contributed by atoms with Crippen LogP contribution in [-0.4, -0.2) is 40.6 Å². The number of hydrogen-bond donors (Lipinski definition) is 1. The van der Waals surface area contributed by atoms with Crippen molar-refractivity contribution < 1.29 is 23.9 Å². The quantitative estimate of drug-likeness (QED) is 0.558. The predicted octanol–water partition coefficient (Wildman–Crippen LogP) is 2.43. The molecule has 10 heteroatoms. The molecular formula is C21H21N3O6S. The normalized spacial score (nSPS) is 10.7.